The highest BCUT2D eigenvalue weighted by Gasteiger charge is 2.27. The molecule has 0 rings (SSSR count). The number of carbonyl (C=O) groups excluding carboxylic acids is 2. The van der Waals surface area contributed by atoms with Crippen LogP contribution in [-0.2, 0) is 9.59 Å². The Kier molecular flexibility index (Phi) is 30.4. The fourth-order valence-corrected chi connectivity index (χ4v) is 4.79. The average Bonchev–Trinajstić information content (AvgIpc) is 2.89. The molecule has 0 spiro atoms. The first-order valence-corrected chi connectivity index (χ1v) is 15.6. The Bertz CT molecular complexity index is 492. The van der Waals surface area contributed by atoms with E-state index in [0.717, 1.165) is 25.7 Å². The number of quaternary nitrogens is 1. The molecule has 0 fully saturated rings. The van der Waals surface area contributed by atoms with E-state index < -0.39 is 0 Å². The van der Waals surface area contributed by atoms with Crippen molar-refractivity contribution in [3.05, 3.63) is 0 Å². The van der Waals surface area contributed by atoms with E-state index in [9.17, 15) is 19.8 Å². The molecule has 0 aliphatic rings. The van der Waals surface area contributed by atoms with Crippen LogP contribution in [0.5, 0.6) is 0 Å². The van der Waals surface area contributed by atoms with Crippen molar-refractivity contribution in [3.8, 4) is 0 Å². The van der Waals surface area contributed by atoms with Crippen molar-refractivity contribution in [1.29, 1.82) is 0 Å². The maximum Gasteiger partial charge on any atom is 0.224 e. The summed E-state index contributed by atoms with van der Waals surface area (Å²) >= 11 is 0. The lowest BCUT2D eigenvalue weighted by Crippen LogP contribution is -3.00. The molecule has 0 aromatic carbocycles. The summed E-state index contributed by atoms with van der Waals surface area (Å²) in [4.78, 5) is 24.8. The molecule has 0 heterocycles. The zero-order valence-corrected chi connectivity index (χ0v) is 26.5. The molecule has 0 aromatic rings. The minimum atomic E-state index is -0.0672. The summed E-state index contributed by atoms with van der Waals surface area (Å²) < 4.78 is 0.250. The topological polar surface area (TPSA) is 98.7 Å². The molecule has 2 amide bonds. The summed E-state index contributed by atoms with van der Waals surface area (Å²) in [5.74, 6) is 0.00434. The number of carbonyl (C=O) groups is 2. The monoisotopic (exact) mass is 607 g/mol. The van der Waals surface area contributed by atoms with E-state index in [1.807, 2.05) is 0 Å². The van der Waals surface area contributed by atoms with Crippen LogP contribution in [0.15, 0.2) is 0 Å². The second kappa shape index (κ2) is 29.3. The Morgan fingerprint density at radius 2 is 0.816 bits per heavy atom. The van der Waals surface area contributed by atoms with Gasteiger partial charge in [-0.1, -0.05) is 117 Å². The number of aliphatic hydroxyl groups is 2. The third kappa shape index (κ3) is 24.3. The van der Waals surface area contributed by atoms with Gasteiger partial charge in [-0.2, -0.15) is 0 Å². The zero-order valence-electron chi connectivity index (χ0n) is 24.9. The van der Waals surface area contributed by atoms with Crippen LogP contribution in [0.2, 0.25) is 0 Å². The molecule has 0 aliphatic heterocycles. The van der Waals surface area contributed by atoms with Crippen molar-refractivity contribution in [2.45, 2.75) is 142 Å². The van der Waals surface area contributed by atoms with Crippen molar-refractivity contribution in [1.82, 2.24) is 10.6 Å². The van der Waals surface area contributed by atoms with Crippen LogP contribution in [0.4, 0.5) is 0 Å². The number of hydrogen-bond acceptors (Lipinski definition) is 4. The SMILES string of the molecule is CCCCCCCCCCCC(=O)NC[N+](CCO)(CCO)CNC(=O)CCCCCCCCCCC.[Br-]. The average molecular weight is 609 g/mol. The fraction of sp³-hybridized carbons (Fsp3) is 0.933. The van der Waals surface area contributed by atoms with E-state index in [4.69, 9.17) is 0 Å². The molecule has 228 valence electrons. The minimum absolute atomic E-state index is 0. The molecule has 0 atom stereocenters. The Morgan fingerprint density at radius 3 is 1.11 bits per heavy atom. The Labute approximate surface area is 245 Å². The van der Waals surface area contributed by atoms with Gasteiger partial charge in [-0.05, 0) is 12.8 Å². The van der Waals surface area contributed by atoms with Gasteiger partial charge in [0.2, 0.25) is 11.8 Å². The first kappa shape index (κ1) is 39.4. The third-order valence-electron chi connectivity index (χ3n) is 7.39. The predicted molar refractivity (Wildman–Crippen MR) is 154 cm³/mol. The summed E-state index contributed by atoms with van der Waals surface area (Å²) in [6.07, 6.45) is 22.9. The Morgan fingerprint density at radius 1 is 0.526 bits per heavy atom. The van der Waals surface area contributed by atoms with Gasteiger partial charge in [0.05, 0.1) is 13.2 Å². The van der Waals surface area contributed by atoms with Gasteiger partial charge in [0.25, 0.3) is 0 Å². The molecule has 0 bridgehead atoms. The smallest absolute Gasteiger partial charge is 0.224 e. The van der Waals surface area contributed by atoms with E-state index >= 15 is 0 Å². The van der Waals surface area contributed by atoms with Crippen LogP contribution in [0.3, 0.4) is 0 Å². The lowest BCUT2D eigenvalue weighted by atomic mass is 10.1. The van der Waals surface area contributed by atoms with Gasteiger partial charge < -0.3 is 37.8 Å². The van der Waals surface area contributed by atoms with Crippen molar-refractivity contribution in [2.75, 3.05) is 39.6 Å². The molecule has 4 N–H and O–H groups in total. The largest absolute Gasteiger partial charge is 1.00 e. The van der Waals surface area contributed by atoms with Crippen LogP contribution in [0.1, 0.15) is 142 Å². The first-order valence-electron chi connectivity index (χ1n) is 15.6. The van der Waals surface area contributed by atoms with Crippen molar-refractivity contribution in [2.24, 2.45) is 0 Å². The van der Waals surface area contributed by atoms with Gasteiger partial charge in [-0.3, -0.25) is 14.1 Å². The minimum Gasteiger partial charge on any atom is -1.00 e. The van der Waals surface area contributed by atoms with E-state index in [1.54, 1.807) is 0 Å². The van der Waals surface area contributed by atoms with E-state index in [1.165, 1.54) is 89.9 Å². The molecule has 0 aromatic heterocycles. The van der Waals surface area contributed by atoms with Gasteiger partial charge in [0.15, 0.2) is 13.3 Å². The predicted octanol–water partition coefficient (Wildman–Crippen LogP) is 2.78. The number of unbranched alkanes of at least 4 members (excludes halogenated alkanes) is 16. The van der Waals surface area contributed by atoms with Crippen LogP contribution in [0.25, 0.3) is 0 Å². The molecule has 0 unspecified atom stereocenters. The number of hydrogen-bond donors (Lipinski definition) is 4. The molecule has 0 saturated carbocycles. The second-order valence-electron chi connectivity index (χ2n) is 10.9. The van der Waals surface area contributed by atoms with Crippen molar-refractivity contribution >= 4 is 11.8 Å². The molecule has 8 heteroatoms. The number of amides is 2. The van der Waals surface area contributed by atoms with Crippen molar-refractivity contribution < 1.29 is 41.3 Å². The highest BCUT2D eigenvalue weighted by atomic mass is 79.9. The normalized spacial score (nSPS) is 11.3. The van der Waals surface area contributed by atoms with Gasteiger partial charge >= 0.3 is 0 Å². The lowest BCUT2D eigenvalue weighted by Gasteiger charge is -2.37. The van der Waals surface area contributed by atoms with Gasteiger partial charge in [0, 0.05) is 12.8 Å². The molecular weight excluding hydrogens is 546 g/mol. The number of aliphatic hydroxyl groups excluding tert-OH is 2. The molecule has 0 aliphatic carbocycles. The van der Waals surface area contributed by atoms with Crippen LogP contribution < -0.4 is 27.6 Å². The second-order valence-corrected chi connectivity index (χ2v) is 10.9. The van der Waals surface area contributed by atoms with E-state index in [0.29, 0.717) is 39.3 Å². The van der Waals surface area contributed by atoms with Gasteiger partial charge in [-0.15, -0.1) is 0 Å². The molecule has 0 saturated heterocycles. The zero-order chi connectivity index (χ0) is 27.5. The summed E-state index contributed by atoms with van der Waals surface area (Å²) in [5.41, 5.74) is 0. The van der Waals surface area contributed by atoms with E-state index in [2.05, 4.69) is 24.5 Å². The quantitative estimate of drug-likeness (QED) is 0.0624. The van der Waals surface area contributed by atoms with E-state index in [-0.39, 0.29) is 46.5 Å². The van der Waals surface area contributed by atoms with Gasteiger partial charge in [0.1, 0.15) is 13.1 Å². The standard InChI is InChI=1S/C30H61N3O4.BrH/c1-3-5-7-9-11-13-15-17-19-21-29(36)31-27-33(23-25-34,24-26-35)28-32-30(37)22-20-18-16-14-12-10-8-6-4-2;/h34-35H,3-28H2,1-2H3,(H-,31,32,36,37);1H. The number of rotatable bonds is 28. The van der Waals surface area contributed by atoms with Crippen LogP contribution >= 0.6 is 0 Å². The summed E-state index contributed by atoms with van der Waals surface area (Å²) in [6, 6.07) is 0. The molecule has 38 heavy (non-hydrogen) atoms. The van der Waals surface area contributed by atoms with Crippen LogP contribution in [0, 0.1) is 0 Å². The third-order valence-corrected chi connectivity index (χ3v) is 7.39. The molecule has 0 radical (unpaired) electrons. The first-order chi connectivity index (χ1) is 18.0. The maximum absolute atomic E-state index is 12.4. The highest BCUT2D eigenvalue weighted by molar-refractivity contribution is 5.76. The lowest BCUT2D eigenvalue weighted by molar-refractivity contribution is -0.932. The summed E-state index contributed by atoms with van der Waals surface area (Å²) in [7, 11) is 0. The molecule has 7 nitrogen and oxygen atoms in total. The Hall–Kier alpha value is -0.700. The van der Waals surface area contributed by atoms with Crippen molar-refractivity contribution in [3.63, 3.8) is 0 Å². The molecular formula is C30H62BrN3O4. The number of nitrogens with one attached hydrogen (secondary N) is 2. The summed E-state index contributed by atoms with van der Waals surface area (Å²) in [6.45, 7) is 5.68. The van der Waals surface area contributed by atoms with Crippen LogP contribution in [-0.4, -0.2) is 66.2 Å². The number of nitrogens with zero attached hydrogens (tertiary/aromatic N) is 1. The fourth-order valence-electron chi connectivity index (χ4n) is 4.79. The Balaban J connectivity index is 0. The summed E-state index contributed by atoms with van der Waals surface area (Å²) in [5, 5.41) is 25.2. The maximum atomic E-state index is 12.4. The van der Waals surface area contributed by atoms with Gasteiger partial charge in [-0.25, -0.2) is 0 Å². The number of halogens is 1. The highest BCUT2D eigenvalue weighted by Crippen LogP contribution is 2.12.